The number of pyridine rings is 1. The first-order valence-corrected chi connectivity index (χ1v) is 7.08. The van der Waals surface area contributed by atoms with Gasteiger partial charge in [-0.1, -0.05) is 38.1 Å². The van der Waals surface area contributed by atoms with Crippen LogP contribution < -0.4 is 11.1 Å². The predicted octanol–water partition coefficient (Wildman–Crippen LogP) is 2.22. The number of anilines is 1. The van der Waals surface area contributed by atoms with Crippen molar-refractivity contribution in [2.75, 3.05) is 25.5 Å². The van der Waals surface area contributed by atoms with E-state index in [2.05, 4.69) is 24.1 Å². The van der Waals surface area contributed by atoms with Gasteiger partial charge in [-0.15, -0.1) is 0 Å². The second-order valence-corrected chi connectivity index (χ2v) is 5.33. The number of benzene rings is 1. The topological polar surface area (TPSA) is 77.2 Å². The van der Waals surface area contributed by atoms with E-state index in [1.54, 1.807) is 0 Å². The number of rotatable bonds is 6. The fourth-order valence-electron chi connectivity index (χ4n) is 2.05. The van der Waals surface area contributed by atoms with Crippen LogP contribution in [0.5, 0.6) is 0 Å². The second kappa shape index (κ2) is 7.04. The van der Waals surface area contributed by atoms with Crippen LogP contribution in [0.2, 0.25) is 0 Å². The summed E-state index contributed by atoms with van der Waals surface area (Å²) in [6.45, 7) is 5.85. The van der Waals surface area contributed by atoms with Gasteiger partial charge in [-0.05, 0) is 11.3 Å². The van der Waals surface area contributed by atoms with Crippen LogP contribution in [0.4, 0.5) is 5.82 Å². The Hall–Kier alpha value is -2.14. The van der Waals surface area contributed by atoms with Crippen LogP contribution in [0.3, 0.4) is 0 Å². The van der Waals surface area contributed by atoms with Gasteiger partial charge in [0.2, 0.25) is 0 Å². The van der Waals surface area contributed by atoms with E-state index < -0.39 is 0 Å². The number of nitrogens with two attached hydrogens (primary N) is 1. The van der Waals surface area contributed by atoms with Crippen molar-refractivity contribution in [2.45, 2.75) is 13.8 Å². The van der Waals surface area contributed by atoms with Crippen LogP contribution in [-0.4, -0.2) is 30.6 Å². The molecule has 2 rings (SSSR count). The lowest BCUT2D eigenvalue weighted by Gasteiger charge is -2.10. The molecule has 0 saturated carbocycles. The van der Waals surface area contributed by atoms with Crippen molar-refractivity contribution >= 4 is 22.5 Å². The summed E-state index contributed by atoms with van der Waals surface area (Å²) >= 11 is 0. The van der Waals surface area contributed by atoms with Crippen LogP contribution in [0.25, 0.3) is 10.8 Å². The van der Waals surface area contributed by atoms with Crippen LogP contribution in [0, 0.1) is 5.92 Å². The largest absolute Gasteiger partial charge is 0.383 e. The summed E-state index contributed by atoms with van der Waals surface area (Å²) in [5, 5.41) is 4.44. The van der Waals surface area contributed by atoms with Crippen molar-refractivity contribution in [1.29, 1.82) is 0 Å². The molecule has 5 nitrogen and oxygen atoms in total. The number of amides is 1. The summed E-state index contributed by atoms with van der Waals surface area (Å²) in [5.41, 5.74) is 6.36. The summed E-state index contributed by atoms with van der Waals surface area (Å²) in [5.74, 6) is 0.764. The van der Waals surface area contributed by atoms with E-state index in [9.17, 15) is 4.79 Å². The van der Waals surface area contributed by atoms with Gasteiger partial charge < -0.3 is 15.8 Å². The average Bonchev–Trinajstić information content (AvgIpc) is 2.47. The quantitative estimate of drug-likeness (QED) is 0.799. The standard InChI is InChI=1S/C16H21N3O2/c1-11(2)10-21-8-7-18-16(20)14-9-19-15(17)13-6-4-3-5-12(13)14/h3-6,9,11H,7-8,10H2,1-2H3,(H2,17,19)(H,18,20). The highest BCUT2D eigenvalue weighted by molar-refractivity contribution is 6.08. The fourth-order valence-corrected chi connectivity index (χ4v) is 2.05. The molecule has 5 heteroatoms. The molecule has 21 heavy (non-hydrogen) atoms. The number of carbonyl (C=O) groups excluding carboxylic acids is 1. The Kier molecular flexibility index (Phi) is 5.11. The number of hydrogen-bond acceptors (Lipinski definition) is 4. The summed E-state index contributed by atoms with van der Waals surface area (Å²) < 4.78 is 5.44. The normalized spacial score (nSPS) is 11.0. The van der Waals surface area contributed by atoms with Gasteiger partial charge in [0.1, 0.15) is 5.82 Å². The molecular formula is C16H21N3O2. The minimum atomic E-state index is -0.160. The summed E-state index contributed by atoms with van der Waals surface area (Å²) in [6, 6.07) is 7.49. The van der Waals surface area contributed by atoms with Crippen molar-refractivity contribution in [3.05, 3.63) is 36.0 Å². The number of hydrogen-bond donors (Lipinski definition) is 2. The van der Waals surface area contributed by atoms with Crippen LogP contribution in [0.1, 0.15) is 24.2 Å². The minimum absolute atomic E-state index is 0.160. The summed E-state index contributed by atoms with van der Waals surface area (Å²) in [6.07, 6.45) is 1.52. The smallest absolute Gasteiger partial charge is 0.253 e. The van der Waals surface area contributed by atoms with E-state index in [4.69, 9.17) is 10.5 Å². The molecule has 0 aliphatic rings. The van der Waals surface area contributed by atoms with Crippen molar-refractivity contribution < 1.29 is 9.53 Å². The zero-order chi connectivity index (χ0) is 15.2. The maximum Gasteiger partial charge on any atom is 0.253 e. The van der Waals surface area contributed by atoms with Gasteiger partial charge in [-0.25, -0.2) is 4.98 Å². The molecule has 3 N–H and O–H groups in total. The van der Waals surface area contributed by atoms with E-state index in [0.29, 0.717) is 37.1 Å². The van der Waals surface area contributed by atoms with Gasteiger partial charge in [-0.2, -0.15) is 0 Å². The lowest BCUT2D eigenvalue weighted by atomic mass is 10.1. The summed E-state index contributed by atoms with van der Waals surface area (Å²) in [4.78, 5) is 16.3. The Morgan fingerprint density at radius 2 is 2.05 bits per heavy atom. The van der Waals surface area contributed by atoms with E-state index in [-0.39, 0.29) is 5.91 Å². The van der Waals surface area contributed by atoms with Crippen molar-refractivity contribution in [1.82, 2.24) is 10.3 Å². The molecule has 112 valence electrons. The van der Waals surface area contributed by atoms with E-state index in [1.165, 1.54) is 6.20 Å². The third-order valence-corrected chi connectivity index (χ3v) is 3.05. The highest BCUT2D eigenvalue weighted by Crippen LogP contribution is 2.22. The second-order valence-electron chi connectivity index (χ2n) is 5.33. The molecule has 0 fully saturated rings. The van der Waals surface area contributed by atoms with E-state index in [1.807, 2.05) is 24.3 Å². The molecule has 1 aromatic heterocycles. The Morgan fingerprint density at radius 3 is 2.76 bits per heavy atom. The molecule has 0 aliphatic heterocycles. The number of nitrogens with zero attached hydrogens (tertiary/aromatic N) is 1. The third kappa shape index (κ3) is 3.92. The molecule has 1 amide bonds. The first kappa shape index (κ1) is 15.3. The molecule has 0 saturated heterocycles. The molecule has 2 aromatic rings. The number of nitrogen functional groups attached to an aromatic ring is 1. The van der Waals surface area contributed by atoms with Crippen molar-refractivity contribution in [3.8, 4) is 0 Å². The Morgan fingerprint density at radius 1 is 1.33 bits per heavy atom. The monoisotopic (exact) mass is 287 g/mol. The third-order valence-electron chi connectivity index (χ3n) is 3.05. The van der Waals surface area contributed by atoms with Crippen molar-refractivity contribution in [2.24, 2.45) is 5.92 Å². The summed E-state index contributed by atoms with van der Waals surface area (Å²) in [7, 11) is 0. The molecule has 0 radical (unpaired) electrons. The van der Waals surface area contributed by atoms with Crippen LogP contribution in [0.15, 0.2) is 30.5 Å². The maximum atomic E-state index is 12.2. The lowest BCUT2D eigenvalue weighted by molar-refractivity contribution is 0.0887. The Balaban J connectivity index is 2.02. The molecule has 1 aromatic carbocycles. The van der Waals surface area contributed by atoms with Gasteiger partial charge in [0.15, 0.2) is 0 Å². The maximum absolute atomic E-state index is 12.2. The lowest BCUT2D eigenvalue weighted by Crippen LogP contribution is -2.28. The number of nitrogens with one attached hydrogen (secondary N) is 1. The predicted molar refractivity (Wildman–Crippen MR) is 84.1 cm³/mol. The molecule has 0 aliphatic carbocycles. The first-order chi connectivity index (χ1) is 10.1. The highest BCUT2D eigenvalue weighted by atomic mass is 16.5. The zero-order valence-corrected chi connectivity index (χ0v) is 12.4. The van der Waals surface area contributed by atoms with Crippen LogP contribution >= 0.6 is 0 Å². The number of ether oxygens (including phenoxy) is 1. The average molecular weight is 287 g/mol. The Labute approximate surface area is 124 Å². The molecule has 0 spiro atoms. The number of fused-ring (bicyclic) bond motifs is 1. The first-order valence-electron chi connectivity index (χ1n) is 7.08. The molecule has 0 bridgehead atoms. The Bertz CT molecular complexity index is 626. The molecular weight excluding hydrogens is 266 g/mol. The van der Waals surface area contributed by atoms with E-state index >= 15 is 0 Å². The highest BCUT2D eigenvalue weighted by Gasteiger charge is 2.11. The number of carbonyl (C=O) groups is 1. The van der Waals surface area contributed by atoms with Crippen molar-refractivity contribution in [3.63, 3.8) is 0 Å². The zero-order valence-electron chi connectivity index (χ0n) is 12.4. The minimum Gasteiger partial charge on any atom is -0.383 e. The molecule has 1 heterocycles. The van der Waals surface area contributed by atoms with Gasteiger partial charge in [0, 0.05) is 24.7 Å². The van der Waals surface area contributed by atoms with Gasteiger partial charge in [0.25, 0.3) is 5.91 Å². The molecule has 0 unspecified atom stereocenters. The SMILES string of the molecule is CC(C)COCCNC(=O)c1cnc(N)c2ccccc12. The number of aromatic nitrogens is 1. The van der Waals surface area contributed by atoms with E-state index in [0.717, 1.165) is 10.8 Å². The van der Waals surface area contributed by atoms with Crippen LogP contribution in [-0.2, 0) is 4.74 Å². The van der Waals surface area contributed by atoms with Gasteiger partial charge in [0.05, 0.1) is 12.2 Å². The van der Waals surface area contributed by atoms with Gasteiger partial charge >= 0.3 is 0 Å². The molecule has 0 atom stereocenters. The fraction of sp³-hybridized carbons (Fsp3) is 0.375. The van der Waals surface area contributed by atoms with Gasteiger partial charge in [-0.3, -0.25) is 4.79 Å².